The number of aromatic nitrogens is 2. The molecule has 0 saturated heterocycles. The van der Waals surface area contributed by atoms with Crippen LogP contribution >= 0.6 is 0 Å². The van der Waals surface area contributed by atoms with E-state index >= 15 is 0 Å². The number of rotatable bonds is 5. The first-order valence-corrected chi connectivity index (χ1v) is 7.76. The van der Waals surface area contributed by atoms with Crippen molar-refractivity contribution in [3.05, 3.63) is 53.3 Å². The second-order valence-electron chi connectivity index (χ2n) is 5.52. The molecule has 3 rings (SSSR count). The molecule has 1 aromatic heterocycles. The van der Waals surface area contributed by atoms with Crippen molar-refractivity contribution in [1.29, 1.82) is 0 Å². The maximum Gasteiger partial charge on any atom is 0.264 e. The van der Waals surface area contributed by atoms with E-state index in [9.17, 15) is 4.79 Å². The van der Waals surface area contributed by atoms with E-state index in [2.05, 4.69) is 15.6 Å². The molecule has 2 aromatic rings. The summed E-state index contributed by atoms with van der Waals surface area (Å²) in [7, 11) is 0. The Hall–Kier alpha value is -2.63. The summed E-state index contributed by atoms with van der Waals surface area (Å²) in [6.45, 7) is 5.26. The Morgan fingerprint density at radius 1 is 1.39 bits per heavy atom. The number of hydrogen-bond donors (Lipinski definition) is 1. The number of hydrogen-bond acceptors (Lipinski definition) is 4. The first kappa shape index (κ1) is 15.3. The van der Waals surface area contributed by atoms with Crippen LogP contribution in [0.3, 0.4) is 0 Å². The lowest BCUT2D eigenvalue weighted by Crippen LogP contribution is -2.34. The zero-order valence-electron chi connectivity index (χ0n) is 13.3. The van der Waals surface area contributed by atoms with Gasteiger partial charge in [0.2, 0.25) is 6.10 Å². The Kier molecular flexibility index (Phi) is 4.41. The number of benzene rings is 1. The summed E-state index contributed by atoms with van der Waals surface area (Å²) in [5, 5.41) is 11.4. The van der Waals surface area contributed by atoms with Gasteiger partial charge in [0.15, 0.2) is 0 Å². The highest BCUT2D eigenvalue weighted by molar-refractivity contribution is 6.04. The highest BCUT2D eigenvalue weighted by Crippen LogP contribution is 2.19. The molecule has 2 heterocycles. The quantitative estimate of drug-likeness (QED) is 0.918. The van der Waals surface area contributed by atoms with Gasteiger partial charge in [-0.1, -0.05) is 35.5 Å². The first-order valence-electron chi connectivity index (χ1n) is 7.76. The van der Waals surface area contributed by atoms with Gasteiger partial charge in [0.05, 0.1) is 11.4 Å². The van der Waals surface area contributed by atoms with E-state index in [1.807, 2.05) is 55.1 Å². The number of carbonyl (C=O) groups excluding carboxylic acids is 1. The lowest BCUT2D eigenvalue weighted by molar-refractivity contribution is -0.131. The third-order valence-corrected chi connectivity index (χ3v) is 3.85. The minimum Gasteiger partial charge on any atom is -0.382 e. The summed E-state index contributed by atoms with van der Waals surface area (Å²) in [6.07, 6.45) is 1.84. The molecule has 6 heteroatoms. The number of carbonyl (C=O) groups is 1. The number of nitrogens with zero attached hydrogens (tertiary/aromatic N) is 3. The average molecular weight is 312 g/mol. The Morgan fingerprint density at radius 2 is 2.17 bits per heavy atom. The molecular formula is C17H20N4O2. The minimum atomic E-state index is -0.571. The molecule has 0 saturated carbocycles. The molecule has 0 fully saturated rings. The van der Waals surface area contributed by atoms with Crippen LogP contribution in [-0.2, 0) is 22.7 Å². The minimum absolute atomic E-state index is 0.145. The molecule has 1 aliphatic rings. The Balaban J connectivity index is 1.58. The van der Waals surface area contributed by atoms with Crippen molar-refractivity contribution in [2.24, 2.45) is 5.16 Å². The van der Waals surface area contributed by atoms with E-state index in [4.69, 9.17) is 4.84 Å². The Bertz CT molecular complexity index is 721. The maximum absolute atomic E-state index is 12.2. The number of nitrogens with one attached hydrogen (secondary N) is 1. The molecule has 1 N–H and O–H groups in total. The largest absolute Gasteiger partial charge is 0.382 e. The van der Waals surface area contributed by atoms with Gasteiger partial charge in [-0.2, -0.15) is 5.10 Å². The molecule has 1 aromatic carbocycles. The molecule has 120 valence electrons. The highest BCUT2D eigenvalue weighted by Gasteiger charge is 2.30. The third kappa shape index (κ3) is 3.41. The fourth-order valence-corrected chi connectivity index (χ4v) is 2.54. The van der Waals surface area contributed by atoms with Crippen molar-refractivity contribution in [1.82, 2.24) is 15.1 Å². The van der Waals surface area contributed by atoms with Gasteiger partial charge >= 0.3 is 0 Å². The number of amides is 1. The lowest BCUT2D eigenvalue weighted by Gasteiger charge is -2.09. The van der Waals surface area contributed by atoms with Gasteiger partial charge in [-0.05, 0) is 19.4 Å². The van der Waals surface area contributed by atoms with Crippen LogP contribution in [0.2, 0.25) is 0 Å². The van der Waals surface area contributed by atoms with Gasteiger partial charge in [0, 0.05) is 31.3 Å². The van der Waals surface area contributed by atoms with E-state index in [-0.39, 0.29) is 5.91 Å². The van der Waals surface area contributed by atoms with E-state index in [1.165, 1.54) is 0 Å². The van der Waals surface area contributed by atoms with E-state index < -0.39 is 6.10 Å². The predicted molar refractivity (Wildman–Crippen MR) is 87.0 cm³/mol. The molecule has 0 bridgehead atoms. The normalized spacial score (nSPS) is 16.8. The summed E-state index contributed by atoms with van der Waals surface area (Å²) in [5.41, 5.74) is 3.69. The summed E-state index contributed by atoms with van der Waals surface area (Å²) in [6, 6.07) is 9.79. The van der Waals surface area contributed by atoms with E-state index in [1.54, 1.807) is 0 Å². The summed E-state index contributed by atoms with van der Waals surface area (Å²) >= 11 is 0. The molecule has 23 heavy (non-hydrogen) atoms. The smallest absolute Gasteiger partial charge is 0.264 e. The standard InChI is InChI=1S/C17H20N4O2/c1-3-21-11-14(12(2)19-21)15-9-16(23-20-15)17(22)18-10-13-7-5-4-6-8-13/h4-8,11,16H,3,9-10H2,1-2H3,(H,18,22). The van der Waals surface area contributed by atoms with E-state index in [0.29, 0.717) is 13.0 Å². The van der Waals surface area contributed by atoms with Crippen LogP contribution in [-0.4, -0.2) is 27.5 Å². The van der Waals surface area contributed by atoms with Crippen LogP contribution in [0.25, 0.3) is 0 Å². The van der Waals surface area contributed by atoms with Crippen molar-refractivity contribution < 1.29 is 9.63 Å². The van der Waals surface area contributed by atoms with Crippen molar-refractivity contribution >= 4 is 11.6 Å². The zero-order chi connectivity index (χ0) is 16.2. The maximum atomic E-state index is 12.2. The SMILES string of the molecule is CCn1cc(C2=NOC(C(=O)NCc3ccccc3)C2)c(C)n1. The first-order chi connectivity index (χ1) is 11.2. The van der Waals surface area contributed by atoms with Gasteiger partial charge in [-0.15, -0.1) is 0 Å². The Labute approximate surface area is 135 Å². The van der Waals surface area contributed by atoms with Crippen molar-refractivity contribution in [2.45, 2.75) is 39.5 Å². The number of oxime groups is 1. The zero-order valence-corrected chi connectivity index (χ0v) is 13.3. The molecular weight excluding hydrogens is 292 g/mol. The van der Waals surface area contributed by atoms with Gasteiger partial charge in [-0.3, -0.25) is 9.48 Å². The monoisotopic (exact) mass is 312 g/mol. The third-order valence-electron chi connectivity index (χ3n) is 3.85. The predicted octanol–water partition coefficient (Wildman–Crippen LogP) is 2.02. The second-order valence-corrected chi connectivity index (χ2v) is 5.52. The van der Waals surface area contributed by atoms with Crippen LogP contribution in [0.15, 0.2) is 41.7 Å². The molecule has 6 nitrogen and oxygen atoms in total. The molecule has 1 aliphatic heterocycles. The van der Waals surface area contributed by atoms with Gasteiger partial charge in [0.25, 0.3) is 5.91 Å². The Morgan fingerprint density at radius 3 is 2.87 bits per heavy atom. The molecule has 1 atom stereocenters. The van der Waals surface area contributed by atoms with Crippen LogP contribution in [0.1, 0.15) is 30.2 Å². The number of aryl methyl sites for hydroxylation is 2. The average Bonchev–Trinajstić information content (AvgIpc) is 3.20. The summed E-state index contributed by atoms with van der Waals surface area (Å²) in [4.78, 5) is 17.5. The second kappa shape index (κ2) is 6.64. The van der Waals surface area contributed by atoms with Crippen molar-refractivity contribution in [3.63, 3.8) is 0 Å². The highest BCUT2D eigenvalue weighted by atomic mass is 16.6. The fourth-order valence-electron chi connectivity index (χ4n) is 2.54. The van der Waals surface area contributed by atoms with Gasteiger partial charge < -0.3 is 10.2 Å². The lowest BCUT2D eigenvalue weighted by atomic mass is 10.1. The fraction of sp³-hybridized carbons (Fsp3) is 0.353. The van der Waals surface area contributed by atoms with Gasteiger partial charge in [0.1, 0.15) is 0 Å². The van der Waals surface area contributed by atoms with Crippen molar-refractivity contribution in [2.75, 3.05) is 0 Å². The summed E-state index contributed by atoms with van der Waals surface area (Å²) < 4.78 is 1.86. The molecule has 1 unspecified atom stereocenters. The van der Waals surface area contributed by atoms with Crippen LogP contribution < -0.4 is 5.32 Å². The van der Waals surface area contributed by atoms with Crippen LogP contribution in [0.5, 0.6) is 0 Å². The van der Waals surface area contributed by atoms with Gasteiger partial charge in [-0.25, -0.2) is 0 Å². The van der Waals surface area contributed by atoms with Crippen molar-refractivity contribution in [3.8, 4) is 0 Å². The molecule has 1 amide bonds. The topological polar surface area (TPSA) is 68.5 Å². The molecule has 0 spiro atoms. The summed E-state index contributed by atoms with van der Waals surface area (Å²) in [5.74, 6) is -0.145. The molecule has 0 radical (unpaired) electrons. The van der Waals surface area contributed by atoms with Crippen LogP contribution in [0, 0.1) is 6.92 Å². The van der Waals surface area contributed by atoms with E-state index in [0.717, 1.165) is 29.1 Å². The molecule has 0 aliphatic carbocycles. The van der Waals surface area contributed by atoms with Crippen LogP contribution in [0.4, 0.5) is 0 Å².